The smallest absolute Gasteiger partial charge is 0.255 e. The number of hydrogen-bond donors (Lipinski definition) is 1. The number of aromatic nitrogens is 1. The minimum absolute atomic E-state index is 0.300. The zero-order chi connectivity index (χ0) is 22.1. The second-order valence-electron chi connectivity index (χ2n) is 6.26. The third-order valence-corrected chi connectivity index (χ3v) is 4.01. The number of methoxy groups -OCH3 is 2. The van der Waals surface area contributed by atoms with Crippen LogP contribution in [-0.4, -0.2) is 25.1 Å². The van der Waals surface area contributed by atoms with Crippen LogP contribution in [0.25, 0.3) is 18.2 Å². The van der Waals surface area contributed by atoms with Crippen molar-refractivity contribution >= 4 is 24.1 Å². The summed E-state index contributed by atoms with van der Waals surface area (Å²) < 4.78 is 16.2. The van der Waals surface area contributed by atoms with Crippen LogP contribution in [0.4, 0.5) is 0 Å². The van der Waals surface area contributed by atoms with E-state index in [1.807, 2.05) is 19.1 Å². The van der Waals surface area contributed by atoms with E-state index in [2.05, 4.69) is 23.5 Å². The Morgan fingerprint density at radius 3 is 2.43 bits per heavy atom. The summed E-state index contributed by atoms with van der Waals surface area (Å²) in [4.78, 5) is 17.0. The Morgan fingerprint density at radius 2 is 1.87 bits per heavy atom. The quantitative estimate of drug-likeness (QED) is 0.681. The van der Waals surface area contributed by atoms with E-state index in [-0.39, 0.29) is 5.91 Å². The van der Waals surface area contributed by atoms with Crippen LogP contribution in [0.15, 0.2) is 65.3 Å². The van der Waals surface area contributed by atoms with Crippen molar-refractivity contribution in [1.29, 1.82) is 0 Å². The molecule has 1 amide bonds. The van der Waals surface area contributed by atoms with E-state index in [9.17, 15) is 4.79 Å². The molecule has 0 spiro atoms. The fourth-order valence-electron chi connectivity index (χ4n) is 2.57. The molecule has 0 saturated heterocycles. The number of allylic oxidation sites excluding steroid dienone is 7. The Morgan fingerprint density at radius 1 is 1.20 bits per heavy atom. The highest BCUT2D eigenvalue weighted by molar-refractivity contribution is 5.96. The van der Waals surface area contributed by atoms with Crippen molar-refractivity contribution in [1.82, 2.24) is 10.3 Å². The van der Waals surface area contributed by atoms with E-state index in [1.165, 1.54) is 14.2 Å². The van der Waals surface area contributed by atoms with Gasteiger partial charge in [0, 0.05) is 22.9 Å². The van der Waals surface area contributed by atoms with Crippen molar-refractivity contribution in [3.63, 3.8) is 0 Å². The zero-order valence-corrected chi connectivity index (χ0v) is 17.7. The fraction of sp³-hybridized carbons (Fsp3) is 0.167. The molecule has 0 atom stereocenters. The van der Waals surface area contributed by atoms with Gasteiger partial charge < -0.3 is 19.2 Å². The van der Waals surface area contributed by atoms with E-state index >= 15 is 0 Å². The highest BCUT2D eigenvalue weighted by atomic mass is 16.5. The Labute approximate surface area is 176 Å². The molecule has 2 rings (SSSR count). The first-order chi connectivity index (χ1) is 14.4. The molecule has 6 heteroatoms. The summed E-state index contributed by atoms with van der Waals surface area (Å²) >= 11 is 0. The Bertz CT molecular complexity index is 1100. The number of carbonyl (C=O) groups excluding carboxylic acids is 1. The van der Waals surface area contributed by atoms with Gasteiger partial charge in [0.05, 0.1) is 14.2 Å². The largest absolute Gasteiger partial charge is 0.497 e. The summed E-state index contributed by atoms with van der Waals surface area (Å²) in [5, 5.41) is 3.37. The molecule has 1 aromatic heterocycles. The first-order valence-corrected chi connectivity index (χ1v) is 9.26. The number of ether oxygens (including phenoxy) is 2. The zero-order valence-electron chi connectivity index (χ0n) is 17.7. The van der Waals surface area contributed by atoms with Gasteiger partial charge in [-0.05, 0) is 38.1 Å². The van der Waals surface area contributed by atoms with Gasteiger partial charge in [-0.3, -0.25) is 4.79 Å². The first kappa shape index (κ1) is 22.5. The van der Waals surface area contributed by atoms with Crippen LogP contribution in [0.1, 0.15) is 30.1 Å². The maximum atomic E-state index is 12.7. The highest BCUT2D eigenvalue weighted by Gasteiger charge is 2.12. The predicted octanol–water partition coefficient (Wildman–Crippen LogP) is 3.36. The Hall–Kier alpha value is -3.80. The number of nitrogens with zero attached hydrogens (tertiary/aromatic N) is 1. The molecule has 0 bridgehead atoms. The standard InChI is InChI=1S/C24H26N2O4/c1-7-9-11-22-17(4)26-24(30-22)18(10-8-2)12-16(3)25-23(27)19-13-20(28-5)15-21(14-19)29-6/h7-15H,2,4H2,1,3,5-6H3,(H,25,27)/b9-7-,16-12+,18-10+,22-11+. The van der Waals surface area contributed by atoms with Crippen molar-refractivity contribution < 1.29 is 18.7 Å². The van der Waals surface area contributed by atoms with Gasteiger partial charge in [0.2, 0.25) is 5.89 Å². The van der Waals surface area contributed by atoms with Gasteiger partial charge in [-0.25, -0.2) is 4.98 Å². The SMILES string of the molecule is C=C/C=C(\C=C(/C)NC(=O)c1cc(OC)cc(OC)c1)c1nc(=C)/c(=C\C=C/C)o1. The summed E-state index contributed by atoms with van der Waals surface area (Å²) in [6, 6.07) is 4.97. The fourth-order valence-corrected chi connectivity index (χ4v) is 2.57. The summed E-state index contributed by atoms with van der Waals surface area (Å²) in [6.07, 6.45) is 10.6. The minimum atomic E-state index is -0.300. The number of oxazole rings is 1. The van der Waals surface area contributed by atoms with E-state index in [0.717, 1.165) is 0 Å². The molecule has 0 fully saturated rings. The maximum Gasteiger partial charge on any atom is 0.255 e. The lowest BCUT2D eigenvalue weighted by Gasteiger charge is -2.10. The summed E-state index contributed by atoms with van der Waals surface area (Å²) in [5.74, 6) is 1.14. The van der Waals surface area contributed by atoms with Crippen LogP contribution >= 0.6 is 0 Å². The summed E-state index contributed by atoms with van der Waals surface area (Å²) in [5.41, 5.74) is 2.22. The third kappa shape index (κ3) is 5.85. The lowest BCUT2D eigenvalue weighted by atomic mass is 10.1. The molecule has 0 aliphatic carbocycles. The van der Waals surface area contributed by atoms with Crippen LogP contribution < -0.4 is 25.6 Å². The molecule has 0 radical (unpaired) electrons. The van der Waals surface area contributed by atoms with Crippen LogP contribution in [0.3, 0.4) is 0 Å². The topological polar surface area (TPSA) is 73.6 Å². The van der Waals surface area contributed by atoms with E-state index < -0.39 is 0 Å². The van der Waals surface area contributed by atoms with Crippen LogP contribution in [0.5, 0.6) is 11.5 Å². The van der Waals surface area contributed by atoms with Crippen molar-refractivity contribution in [2.45, 2.75) is 13.8 Å². The summed E-state index contributed by atoms with van der Waals surface area (Å²) in [7, 11) is 3.06. The van der Waals surface area contributed by atoms with Crippen molar-refractivity contribution in [2.24, 2.45) is 0 Å². The van der Waals surface area contributed by atoms with Crippen molar-refractivity contribution in [2.75, 3.05) is 14.2 Å². The maximum absolute atomic E-state index is 12.7. The Kier molecular flexibility index (Phi) is 7.99. The van der Waals surface area contributed by atoms with E-state index in [1.54, 1.807) is 49.4 Å². The molecular formula is C24H26N2O4. The molecule has 2 aromatic rings. The van der Waals surface area contributed by atoms with Crippen LogP contribution in [-0.2, 0) is 0 Å². The molecule has 0 aliphatic rings. The highest BCUT2D eigenvalue weighted by Crippen LogP contribution is 2.22. The number of rotatable bonds is 8. The number of carbonyl (C=O) groups is 1. The normalized spacial score (nSPS) is 12.9. The molecule has 30 heavy (non-hydrogen) atoms. The van der Waals surface area contributed by atoms with E-state index in [4.69, 9.17) is 13.9 Å². The molecule has 1 aromatic carbocycles. The van der Waals surface area contributed by atoms with Gasteiger partial charge in [-0.2, -0.15) is 0 Å². The molecule has 1 N–H and O–H groups in total. The number of amides is 1. The van der Waals surface area contributed by atoms with Gasteiger partial charge in [-0.15, -0.1) is 0 Å². The lowest BCUT2D eigenvalue weighted by Crippen LogP contribution is -2.21. The van der Waals surface area contributed by atoms with Crippen molar-refractivity contribution in [3.8, 4) is 11.5 Å². The van der Waals surface area contributed by atoms with Gasteiger partial charge >= 0.3 is 0 Å². The molecule has 0 aliphatic heterocycles. The van der Waals surface area contributed by atoms with Gasteiger partial charge in [-0.1, -0.05) is 37.5 Å². The first-order valence-electron chi connectivity index (χ1n) is 9.26. The predicted molar refractivity (Wildman–Crippen MR) is 119 cm³/mol. The van der Waals surface area contributed by atoms with Crippen LogP contribution in [0.2, 0.25) is 0 Å². The molecular weight excluding hydrogens is 380 g/mol. The Balaban J connectivity index is 2.32. The molecule has 0 saturated carbocycles. The summed E-state index contributed by atoms with van der Waals surface area (Å²) in [6.45, 7) is 11.3. The van der Waals surface area contributed by atoms with Gasteiger partial charge in [0.15, 0.2) is 5.42 Å². The number of nitrogens with one attached hydrogen (secondary N) is 1. The average Bonchev–Trinajstić information content (AvgIpc) is 3.11. The molecule has 6 nitrogen and oxygen atoms in total. The van der Waals surface area contributed by atoms with Gasteiger partial charge in [0.1, 0.15) is 16.8 Å². The number of benzene rings is 1. The monoisotopic (exact) mass is 406 g/mol. The molecule has 1 heterocycles. The average molecular weight is 406 g/mol. The minimum Gasteiger partial charge on any atom is -0.497 e. The third-order valence-electron chi connectivity index (χ3n) is 4.01. The lowest BCUT2D eigenvalue weighted by molar-refractivity contribution is 0.0965. The van der Waals surface area contributed by atoms with Crippen molar-refractivity contribution in [3.05, 3.63) is 83.1 Å². The van der Waals surface area contributed by atoms with E-state index in [0.29, 0.717) is 45.0 Å². The second-order valence-corrected chi connectivity index (χ2v) is 6.26. The van der Waals surface area contributed by atoms with Gasteiger partial charge in [0.25, 0.3) is 5.91 Å². The number of hydrogen-bond acceptors (Lipinski definition) is 5. The van der Waals surface area contributed by atoms with Crippen LogP contribution in [0, 0.1) is 0 Å². The molecule has 0 unspecified atom stereocenters. The molecule has 156 valence electrons. The second kappa shape index (κ2) is 10.7.